The number of urea groups is 1. The summed E-state index contributed by atoms with van der Waals surface area (Å²) < 4.78 is 13.5. The third-order valence-corrected chi connectivity index (χ3v) is 2.86. The summed E-state index contributed by atoms with van der Waals surface area (Å²) in [5.41, 5.74) is 0.625. The summed E-state index contributed by atoms with van der Waals surface area (Å²) in [4.78, 5) is 36.2. The van der Waals surface area contributed by atoms with E-state index in [-0.39, 0.29) is 13.2 Å². The molecule has 108 valence electrons. The molecule has 4 amide bonds. The maximum Gasteiger partial charge on any atom is 0.334 e. The largest absolute Gasteiger partial charge is 0.384 e. The molecule has 1 saturated heterocycles. The SMILES string of the molecule is CN1C(=O)C(=O)N(Cc2cc(F)cc(C#CCO)c2)C1=O. The first-order chi connectivity index (χ1) is 9.93. The van der Waals surface area contributed by atoms with E-state index in [1.165, 1.54) is 13.1 Å². The highest BCUT2D eigenvalue weighted by Gasteiger charge is 2.42. The number of imide groups is 2. The predicted molar refractivity (Wildman–Crippen MR) is 69.1 cm³/mol. The number of rotatable bonds is 2. The van der Waals surface area contributed by atoms with E-state index in [1.54, 1.807) is 0 Å². The Balaban J connectivity index is 2.28. The molecule has 7 heteroatoms. The fourth-order valence-corrected chi connectivity index (χ4v) is 1.89. The van der Waals surface area contributed by atoms with Crippen LogP contribution in [-0.2, 0) is 16.1 Å². The molecule has 6 nitrogen and oxygen atoms in total. The average Bonchev–Trinajstić information content (AvgIpc) is 2.62. The lowest BCUT2D eigenvalue weighted by Gasteiger charge is -2.13. The van der Waals surface area contributed by atoms with E-state index in [9.17, 15) is 18.8 Å². The number of carbonyl (C=O) groups is 3. The van der Waals surface area contributed by atoms with Crippen molar-refractivity contribution < 1.29 is 23.9 Å². The van der Waals surface area contributed by atoms with E-state index in [0.29, 0.717) is 16.0 Å². The quantitative estimate of drug-likeness (QED) is 0.476. The van der Waals surface area contributed by atoms with Gasteiger partial charge in [0, 0.05) is 12.6 Å². The molecule has 2 rings (SSSR count). The lowest BCUT2D eigenvalue weighted by Crippen LogP contribution is -2.31. The van der Waals surface area contributed by atoms with E-state index in [1.807, 2.05) is 0 Å². The van der Waals surface area contributed by atoms with Crippen molar-refractivity contribution in [2.45, 2.75) is 6.54 Å². The Morgan fingerprint density at radius 3 is 2.48 bits per heavy atom. The second-order valence-corrected chi connectivity index (χ2v) is 4.35. The van der Waals surface area contributed by atoms with E-state index in [0.717, 1.165) is 17.0 Å². The van der Waals surface area contributed by atoms with Gasteiger partial charge in [-0.15, -0.1) is 0 Å². The van der Waals surface area contributed by atoms with E-state index in [4.69, 9.17) is 5.11 Å². The Morgan fingerprint density at radius 2 is 1.90 bits per heavy atom. The summed E-state index contributed by atoms with van der Waals surface area (Å²) in [5.74, 6) is 2.45. The monoisotopic (exact) mass is 290 g/mol. The zero-order valence-corrected chi connectivity index (χ0v) is 11.1. The minimum atomic E-state index is -0.949. The highest BCUT2D eigenvalue weighted by Crippen LogP contribution is 2.16. The van der Waals surface area contributed by atoms with E-state index < -0.39 is 23.7 Å². The van der Waals surface area contributed by atoms with Gasteiger partial charge in [0.05, 0.1) is 6.54 Å². The third-order valence-electron chi connectivity index (χ3n) is 2.86. The van der Waals surface area contributed by atoms with Crippen molar-refractivity contribution in [1.82, 2.24) is 9.80 Å². The van der Waals surface area contributed by atoms with Crippen LogP contribution in [0.2, 0.25) is 0 Å². The van der Waals surface area contributed by atoms with E-state index in [2.05, 4.69) is 11.8 Å². The first-order valence-corrected chi connectivity index (χ1v) is 5.96. The number of amides is 4. The first kappa shape index (κ1) is 14.7. The minimum Gasteiger partial charge on any atom is -0.384 e. The van der Waals surface area contributed by atoms with Crippen LogP contribution >= 0.6 is 0 Å². The lowest BCUT2D eigenvalue weighted by molar-refractivity contribution is -0.143. The number of halogens is 1. The van der Waals surface area contributed by atoms with Gasteiger partial charge in [0.25, 0.3) is 0 Å². The summed E-state index contributed by atoms with van der Waals surface area (Å²) in [5, 5.41) is 8.62. The molecule has 0 unspecified atom stereocenters. The lowest BCUT2D eigenvalue weighted by atomic mass is 10.1. The smallest absolute Gasteiger partial charge is 0.334 e. The molecule has 0 radical (unpaired) electrons. The molecule has 0 bridgehead atoms. The van der Waals surface area contributed by atoms with Crippen molar-refractivity contribution in [3.8, 4) is 11.8 Å². The zero-order chi connectivity index (χ0) is 15.6. The standard InChI is InChI=1S/C14H11FN2O4/c1-16-12(19)13(20)17(14(16)21)8-10-5-9(3-2-4-18)6-11(15)7-10/h5-7,18H,4,8H2,1H3. The van der Waals surface area contributed by atoms with Gasteiger partial charge < -0.3 is 5.11 Å². The molecule has 1 aromatic rings. The second kappa shape index (κ2) is 5.73. The Hall–Kier alpha value is -2.72. The molecule has 1 fully saturated rings. The Bertz CT molecular complexity index is 690. The van der Waals surface area contributed by atoms with Crippen molar-refractivity contribution in [1.29, 1.82) is 0 Å². The fourth-order valence-electron chi connectivity index (χ4n) is 1.89. The van der Waals surface area contributed by atoms with Crippen LogP contribution in [0, 0.1) is 17.7 Å². The number of aliphatic hydroxyl groups is 1. The van der Waals surface area contributed by atoms with Crippen molar-refractivity contribution >= 4 is 17.8 Å². The van der Waals surface area contributed by atoms with Crippen molar-refractivity contribution in [2.24, 2.45) is 0 Å². The van der Waals surface area contributed by atoms with E-state index >= 15 is 0 Å². The molecule has 1 aliphatic rings. The molecule has 0 aromatic heterocycles. The molecule has 1 heterocycles. The predicted octanol–water partition coefficient (Wildman–Crippen LogP) is 0.0901. The summed E-state index contributed by atoms with van der Waals surface area (Å²) >= 11 is 0. The zero-order valence-electron chi connectivity index (χ0n) is 11.1. The number of carbonyl (C=O) groups excluding carboxylic acids is 3. The van der Waals surface area contributed by atoms with Crippen LogP contribution in [0.3, 0.4) is 0 Å². The van der Waals surface area contributed by atoms with Gasteiger partial charge in [-0.25, -0.2) is 9.18 Å². The van der Waals surface area contributed by atoms with Gasteiger partial charge in [0.2, 0.25) is 0 Å². The van der Waals surface area contributed by atoms with Crippen molar-refractivity contribution in [2.75, 3.05) is 13.7 Å². The number of nitrogens with zero attached hydrogens (tertiary/aromatic N) is 2. The number of hydrogen-bond donors (Lipinski definition) is 1. The average molecular weight is 290 g/mol. The fraction of sp³-hybridized carbons (Fsp3) is 0.214. The molecular formula is C14H11FN2O4. The topological polar surface area (TPSA) is 77.9 Å². The molecule has 0 aliphatic carbocycles. The molecule has 0 atom stereocenters. The van der Waals surface area contributed by atoms with Crippen LogP contribution in [0.25, 0.3) is 0 Å². The van der Waals surface area contributed by atoms with Crippen LogP contribution in [0.5, 0.6) is 0 Å². The summed E-state index contributed by atoms with van der Waals surface area (Å²) in [6.45, 7) is -0.590. The van der Waals surface area contributed by atoms with Gasteiger partial charge in [-0.2, -0.15) is 0 Å². The third kappa shape index (κ3) is 2.90. The van der Waals surface area contributed by atoms with Crippen LogP contribution in [-0.4, -0.2) is 46.4 Å². The Morgan fingerprint density at radius 1 is 1.19 bits per heavy atom. The highest BCUT2D eigenvalue weighted by atomic mass is 19.1. The number of aliphatic hydroxyl groups excluding tert-OH is 1. The summed E-state index contributed by atoms with van der Waals surface area (Å²) in [7, 11) is 1.20. The molecule has 1 aromatic carbocycles. The maximum absolute atomic E-state index is 13.5. The molecular weight excluding hydrogens is 279 g/mol. The summed E-state index contributed by atoms with van der Waals surface area (Å²) in [6, 6.07) is 3.04. The maximum atomic E-state index is 13.5. The Labute approximate surface area is 119 Å². The van der Waals surface area contributed by atoms with Crippen molar-refractivity contribution in [3.63, 3.8) is 0 Å². The number of benzene rings is 1. The van der Waals surface area contributed by atoms with Gasteiger partial charge in [-0.05, 0) is 23.8 Å². The molecule has 0 saturated carbocycles. The van der Waals surface area contributed by atoms with Crippen LogP contribution < -0.4 is 0 Å². The molecule has 1 N–H and O–H groups in total. The summed E-state index contributed by atoms with van der Waals surface area (Å²) in [6.07, 6.45) is 0. The first-order valence-electron chi connectivity index (χ1n) is 5.96. The normalized spacial score (nSPS) is 14.5. The second-order valence-electron chi connectivity index (χ2n) is 4.35. The van der Waals surface area contributed by atoms with Gasteiger partial charge in [-0.1, -0.05) is 11.8 Å². The molecule has 21 heavy (non-hydrogen) atoms. The van der Waals surface area contributed by atoms with Crippen LogP contribution in [0.1, 0.15) is 11.1 Å². The van der Waals surface area contributed by atoms with Gasteiger partial charge in [0.15, 0.2) is 0 Å². The Kier molecular flexibility index (Phi) is 4.00. The van der Waals surface area contributed by atoms with Crippen LogP contribution in [0.15, 0.2) is 18.2 Å². The molecule has 0 spiro atoms. The van der Waals surface area contributed by atoms with Gasteiger partial charge in [0.1, 0.15) is 12.4 Å². The highest BCUT2D eigenvalue weighted by molar-refractivity contribution is 6.44. The molecule has 1 aliphatic heterocycles. The van der Waals surface area contributed by atoms with Gasteiger partial charge in [-0.3, -0.25) is 19.4 Å². The van der Waals surface area contributed by atoms with Crippen LogP contribution in [0.4, 0.5) is 9.18 Å². The number of likely N-dealkylation sites (N-methyl/N-ethyl adjacent to an activating group) is 1. The minimum absolute atomic E-state index is 0.223. The number of hydrogen-bond acceptors (Lipinski definition) is 4. The van der Waals surface area contributed by atoms with Crippen molar-refractivity contribution in [3.05, 3.63) is 35.1 Å². The van der Waals surface area contributed by atoms with Gasteiger partial charge >= 0.3 is 17.8 Å².